The highest BCUT2D eigenvalue weighted by molar-refractivity contribution is 6.21. The number of hydrogen-bond acceptors (Lipinski definition) is 5. The van der Waals surface area contributed by atoms with Crippen LogP contribution in [-0.2, 0) is 9.53 Å². The lowest BCUT2D eigenvalue weighted by molar-refractivity contribution is -0.144. The molecule has 0 spiro atoms. The Bertz CT molecular complexity index is 880. The molecule has 0 amide bonds. The third kappa shape index (κ3) is 3.56. The topological polar surface area (TPSA) is 83.8 Å². The fourth-order valence-corrected chi connectivity index (χ4v) is 3.76. The lowest BCUT2D eigenvalue weighted by atomic mass is 9.81. The van der Waals surface area contributed by atoms with Crippen LogP contribution in [-0.4, -0.2) is 39.0 Å². The van der Waals surface area contributed by atoms with E-state index in [-0.39, 0.29) is 12.0 Å². The number of halogens is 1. The molecule has 3 rings (SSSR count). The Morgan fingerprint density at radius 1 is 1.11 bits per heavy atom. The number of rotatable bonds is 5. The van der Waals surface area contributed by atoms with Crippen LogP contribution < -0.4 is 0 Å². The van der Waals surface area contributed by atoms with E-state index < -0.39 is 34.9 Å². The largest absolute Gasteiger partial charge is 0.380 e. The molecule has 0 aromatic heterocycles. The number of aliphatic hydroxyl groups is 2. The molecular weight excluding hydrogens is 368 g/mol. The molecule has 27 heavy (non-hydrogen) atoms. The standard InChI is InChI=1S/C21H21ClO5/c1-12-7-3-5-9-14(12)17(23)18(24)20-21(26,11-16(22)27-20)19(25)15-10-6-4-8-13(15)2/h3-10,16-17,20,23,26H,11H2,1-2H3/t16-,17?,20+,21+/m1/s1. The molecule has 1 fully saturated rings. The van der Waals surface area contributed by atoms with Gasteiger partial charge in [0.05, 0.1) is 0 Å². The van der Waals surface area contributed by atoms with Crippen LogP contribution in [0.4, 0.5) is 0 Å². The molecule has 1 heterocycles. The summed E-state index contributed by atoms with van der Waals surface area (Å²) in [6.07, 6.45) is -3.32. The molecule has 0 radical (unpaired) electrons. The number of carbonyl (C=O) groups excluding carboxylic acids is 2. The van der Waals surface area contributed by atoms with Gasteiger partial charge in [-0.3, -0.25) is 9.59 Å². The van der Waals surface area contributed by atoms with Crippen molar-refractivity contribution in [1.29, 1.82) is 0 Å². The molecule has 0 aliphatic carbocycles. The van der Waals surface area contributed by atoms with Crippen LogP contribution in [0.2, 0.25) is 0 Å². The maximum Gasteiger partial charge on any atom is 0.197 e. The number of aliphatic hydroxyl groups excluding tert-OH is 1. The van der Waals surface area contributed by atoms with Crippen LogP contribution in [0, 0.1) is 13.8 Å². The monoisotopic (exact) mass is 388 g/mol. The van der Waals surface area contributed by atoms with Crippen molar-refractivity contribution >= 4 is 23.2 Å². The number of hydrogen-bond donors (Lipinski definition) is 2. The highest BCUT2D eigenvalue weighted by Crippen LogP contribution is 2.38. The van der Waals surface area contributed by atoms with Gasteiger partial charge in [-0.1, -0.05) is 60.1 Å². The summed E-state index contributed by atoms with van der Waals surface area (Å²) in [5.74, 6) is -1.43. The fourth-order valence-electron chi connectivity index (χ4n) is 3.43. The number of carbonyl (C=O) groups is 2. The van der Waals surface area contributed by atoms with Crippen molar-refractivity contribution in [1.82, 2.24) is 0 Å². The number of aryl methyl sites for hydroxylation is 2. The fraction of sp³-hybridized carbons (Fsp3) is 0.333. The Morgan fingerprint density at radius 3 is 2.33 bits per heavy atom. The second-order valence-electron chi connectivity index (χ2n) is 6.86. The SMILES string of the molecule is Cc1ccccc1C(=O)[C@@]1(O)C[C@H](Cl)O[C@H]1C(=O)C(O)c1ccccc1C. The van der Waals surface area contributed by atoms with E-state index in [0.717, 1.165) is 0 Å². The molecule has 2 N–H and O–H groups in total. The minimum absolute atomic E-state index is 0.237. The van der Waals surface area contributed by atoms with Gasteiger partial charge in [-0.05, 0) is 30.5 Å². The molecule has 0 bridgehead atoms. The maximum atomic E-state index is 13.1. The van der Waals surface area contributed by atoms with E-state index >= 15 is 0 Å². The molecule has 2 aromatic carbocycles. The van der Waals surface area contributed by atoms with Crippen molar-refractivity contribution in [2.24, 2.45) is 0 Å². The van der Waals surface area contributed by atoms with Crippen molar-refractivity contribution in [3.63, 3.8) is 0 Å². The molecule has 1 aliphatic rings. The summed E-state index contributed by atoms with van der Waals surface area (Å²) < 4.78 is 5.39. The first-order valence-electron chi connectivity index (χ1n) is 8.65. The summed E-state index contributed by atoms with van der Waals surface area (Å²) in [5, 5.41) is 21.7. The summed E-state index contributed by atoms with van der Waals surface area (Å²) in [7, 11) is 0. The summed E-state index contributed by atoms with van der Waals surface area (Å²) in [6, 6.07) is 13.6. The molecular formula is C21H21ClO5. The van der Waals surface area contributed by atoms with E-state index in [2.05, 4.69) is 0 Å². The van der Waals surface area contributed by atoms with E-state index in [1.54, 1.807) is 62.4 Å². The van der Waals surface area contributed by atoms with Crippen LogP contribution in [0.5, 0.6) is 0 Å². The zero-order chi connectivity index (χ0) is 19.8. The van der Waals surface area contributed by atoms with Crippen molar-refractivity contribution in [3.05, 3.63) is 70.8 Å². The summed E-state index contributed by atoms with van der Waals surface area (Å²) >= 11 is 6.02. The Labute approximate surface area is 162 Å². The van der Waals surface area contributed by atoms with Gasteiger partial charge >= 0.3 is 0 Å². The van der Waals surface area contributed by atoms with E-state index in [9.17, 15) is 19.8 Å². The molecule has 4 atom stereocenters. The lowest BCUT2D eigenvalue weighted by Gasteiger charge is -2.28. The van der Waals surface area contributed by atoms with Crippen LogP contribution in [0.3, 0.4) is 0 Å². The average Bonchev–Trinajstić information content (AvgIpc) is 2.96. The van der Waals surface area contributed by atoms with E-state index in [1.165, 1.54) is 0 Å². The second-order valence-corrected chi connectivity index (χ2v) is 7.35. The smallest absolute Gasteiger partial charge is 0.197 e. The summed E-state index contributed by atoms with van der Waals surface area (Å²) in [4.78, 5) is 26.0. The van der Waals surface area contributed by atoms with Gasteiger partial charge in [0.25, 0.3) is 0 Å². The van der Waals surface area contributed by atoms with E-state index in [0.29, 0.717) is 16.7 Å². The van der Waals surface area contributed by atoms with Gasteiger partial charge in [-0.15, -0.1) is 0 Å². The normalized spacial score (nSPS) is 26.0. The lowest BCUT2D eigenvalue weighted by Crippen LogP contribution is -2.51. The average molecular weight is 389 g/mol. The quantitative estimate of drug-likeness (QED) is 0.607. The first-order valence-corrected chi connectivity index (χ1v) is 9.09. The Balaban J connectivity index is 1.96. The third-order valence-corrected chi connectivity index (χ3v) is 5.24. The molecule has 5 nitrogen and oxygen atoms in total. The van der Waals surface area contributed by atoms with Crippen LogP contribution in [0.1, 0.15) is 39.6 Å². The van der Waals surface area contributed by atoms with Gasteiger partial charge in [0.15, 0.2) is 23.3 Å². The number of ether oxygens (including phenoxy) is 1. The molecule has 0 saturated carbocycles. The molecule has 6 heteroatoms. The predicted octanol–water partition coefficient (Wildman–Crippen LogP) is 2.87. The minimum atomic E-state index is -2.14. The van der Waals surface area contributed by atoms with Gasteiger partial charge < -0.3 is 14.9 Å². The first-order chi connectivity index (χ1) is 12.8. The first kappa shape index (κ1) is 19.7. The Hall–Kier alpha value is -2.05. The number of alkyl halides is 1. The highest BCUT2D eigenvalue weighted by Gasteiger charge is 2.57. The molecule has 1 aliphatic heterocycles. The molecule has 1 unspecified atom stereocenters. The van der Waals surface area contributed by atoms with Crippen LogP contribution in [0.15, 0.2) is 48.5 Å². The van der Waals surface area contributed by atoms with Gasteiger partial charge in [0, 0.05) is 12.0 Å². The number of ketones is 2. The van der Waals surface area contributed by atoms with Gasteiger partial charge in [-0.2, -0.15) is 0 Å². The van der Waals surface area contributed by atoms with E-state index in [1.807, 2.05) is 0 Å². The third-order valence-electron chi connectivity index (χ3n) is 4.98. The van der Waals surface area contributed by atoms with Crippen LogP contribution >= 0.6 is 11.6 Å². The van der Waals surface area contributed by atoms with Crippen molar-refractivity contribution in [3.8, 4) is 0 Å². The zero-order valence-corrected chi connectivity index (χ0v) is 15.8. The summed E-state index contributed by atoms with van der Waals surface area (Å²) in [5.41, 5.74) is -1.08. The van der Waals surface area contributed by atoms with Crippen LogP contribution in [0.25, 0.3) is 0 Å². The minimum Gasteiger partial charge on any atom is -0.380 e. The number of Topliss-reactive ketones (excluding diaryl/α,β-unsaturated/α-hetero) is 2. The Morgan fingerprint density at radius 2 is 1.70 bits per heavy atom. The number of benzene rings is 2. The molecule has 1 saturated heterocycles. The molecule has 2 aromatic rings. The predicted molar refractivity (Wildman–Crippen MR) is 101 cm³/mol. The summed E-state index contributed by atoms with van der Waals surface area (Å²) in [6.45, 7) is 3.50. The maximum absolute atomic E-state index is 13.1. The van der Waals surface area contributed by atoms with E-state index in [4.69, 9.17) is 16.3 Å². The van der Waals surface area contributed by atoms with Gasteiger partial charge in [0.1, 0.15) is 11.7 Å². The molecule has 142 valence electrons. The highest BCUT2D eigenvalue weighted by atomic mass is 35.5. The Kier molecular flexibility index (Phi) is 5.49. The van der Waals surface area contributed by atoms with Crippen molar-refractivity contribution in [2.75, 3.05) is 0 Å². The van der Waals surface area contributed by atoms with Gasteiger partial charge in [0.2, 0.25) is 0 Å². The zero-order valence-electron chi connectivity index (χ0n) is 15.1. The van der Waals surface area contributed by atoms with Crippen molar-refractivity contribution in [2.45, 2.75) is 43.6 Å². The van der Waals surface area contributed by atoms with Gasteiger partial charge in [-0.25, -0.2) is 0 Å². The van der Waals surface area contributed by atoms with Crippen molar-refractivity contribution < 1.29 is 24.5 Å². The second kappa shape index (κ2) is 7.52.